The molecule has 0 radical (unpaired) electrons. The average molecular weight is 1030 g/mol. The maximum atomic E-state index is 12.2. The van der Waals surface area contributed by atoms with Gasteiger partial charge in [0.1, 0.15) is 146 Å². The molecule has 0 aliphatic carbocycles. The van der Waals surface area contributed by atoms with Crippen molar-refractivity contribution in [2.45, 2.75) is 191 Å². The van der Waals surface area contributed by atoms with Gasteiger partial charge < -0.3 is 154 Å². The zero-order chi connectivity index (χ0) is 51.6. The highest BCUT2D eigenvalue weighted by atomic mass is 16.8. The fourth-order valence-corrected chi connectivity index (χ4v) is 8.84. The Bertz CT molecular complexity index is 1630. The second-order valence-electron chi connectivity index (χ2n) is 17.5. The second kappa shape index (κ2) is 24.7. The Morgan fingerprint density at radius 1 is 0.343 bits per heavy atom. The molecule has 6 heterocycles. The first-order valence-electron chi connectivity index (χ1n) is 22.1. The fourth-order valence-electron chi connectivity index (χ4n) is 8.84. The molecule has 0 unspecified atom stereocenters. The van der Waals surface area contributed by atoms with Crippen LogP contribution in [-0.4, -0.2) is 327 Å². The summed E-state index contributed by atoms with van der Waals surface area (Å²) in [5, 5.41) is 205. The Morgan fingerprint density at radius 3 is 1.01 bits per heavy atom. The van der Waals surface area contributed by atoms with Gasteiger partial charge in [-0.15, -0.1) is 0 Å². The lowest BCUT2D eigenvalue weighted by Gasteiger charge is -2.51. The molecule has 0 aromatic heterocycles. The topological polar surface area (TPSA) is 515 Å². The zero-order valence-electron chi connectivity index (χ0n) is 37.0. The van der Waals surface area contributed by atoms with Crippen LogP contribution < -0.4 is 5.32 Å². The van der Waals surface area contributed by atoms with E-state index >= 15 is 0 Å². The van der Waals surface area contributed by atoms with Crippen LogP contribution in [0.25, 0.3) is 0 Å². The van der Waals surface area contributed by atoms with Gasteiger partial charge in [0.25, 0.3) is 0 Å². The summed E-state index contributed by atoms with van der Waals surface area (Å²) in [6, 6.07) is -1.65. The first kappa shape index (κ1) is 57.5. The Morgan fingerprint density at radius 2 is 0.629 bits per heavy atom. The van der Waals surface area contributed by atoms with Gasteiger partial charge in [-0.2, -0.15) is 0 Å². The molecule has 408 valence electrons. The van der Waals surface area contributed by atoms with Crippen LogP contribution in [0.1, 0.15) is 6.92 Å². The van der Waals surface area contributed by atoms with E-state index in [0.717, 1.165) is 6.92 Å². The molecule has 6 saturated heterocycles. The van der Waals surface area contributed by atoms with Crippen molar-refractivity contribution in [1.82, 2.24) is 5.32 Å². The van der Waals surface area contributed by atoms with E-state index in [2.05, 4.69) is 5.32 Å². The molecule has 20 N–H and O–H groups in total. The zero-order valence-corrected chi connectivity index (χ0v) is 37.0. The van der Waals surface area contributed by atoms with Crippen molar-refractivity contribution in [3.63, 3.8) is 0 Å². The monoisotopic (exact) mass is 1030 g/mol. The van der Waals surface area contributed by atoms with Crippen LogP contribution in [-0.2, 0) is 56.9 Å². The SMILES string of the molecule is CC(=O)N[C@H]1[C@@H](O[C@@H]2O[C@H](CO)[C@@H](O)[C@H](O)[C@@H]2O[C@@H]2O[C@H](CO)[C@@H](O)[C@H](O)[C@@H]2O[C@@H]2O[C@H](CO)[C@@H](O)[C@H](O[C@H]3O[C@H](CO)[C@@H](O)[C@H](O)[C@H]3O)[C@@H]2O[C@@H]2O[C@H](CO)[C@@H](O)[C@H](O)[C@@H]2O)[C@H](O)[C@@H](CO)O[C@@H]1O. The standard InChI is InChI=1S/C38H65NO31/c1-8(46)39-15-28(20(51)13(6-44)60-33(15)59)66-36-30(24(55)18(49)11(4-42)63-36)68-37-31(25(56)19(50)12(5-43)64-37)69-38-32(70-35-27(58)23(54)17(48)10(3-41)62-35)29(21(52)14(7-45)65-38)67-34-26(57)22(53)16(47)9(2-40)61-34/h9-38,40-45,47-59H,2-7H2,1H3,(H,39,46)/t9-,10-,11-,12-,13-,14-,15+,16-,17-,18-,19-,20-,21-,22+,23+,24+,25+,26-,27+,28-,29+,30+,31+,32+,33+,34-,35+,36+,37+,38+/m1/s1. The highest BCUT2D eigenvalue weighted by molar-refractivity contribution is 5.73. The predicted molar refractivity (Wildman–Crippen MR) is 211 cm³/mol. The first-order chi connectivity index (χ1) is 33.2. The summed E-state index contributed by atoms with van der Waals surface area (Å²) >= 11 is 0. The highest BCUT2D eigenvalue weighted by Crippen LogP contribution is 2.38. The van der Waals surface area contributed by atoms with Gasteiger partial charge in [0.05, 0.1) is 39.6 Å². The lowest BCUT2D eigenvalue weighted by atomic mass is 9.94. The molecule has 6 aliphatic heterocycles. The van der Waals surface area contributed by atoms with Crippen molar-refractivity contribution < 1.29 is 154 Å². The normalized spacial score (nSPS) is 51.5. The van der Waals surface area contributed by atoms with Crippen LogP contribution in [0.4, 0.5) is 0 Å². The molecule has 6 rings (SSSR count). The number of hydrogen-bond acceptors (Lipinski definition) is 31. The number of rotatable bonds is 17. The molecule has 0 aromatic rings. The van der Waals surface area contributed by atoms with E-state index < -0.39 is 230 Å². The van der Waals surface area contributed by atoms with E-state index in [-0.39, 0.29) is 0 Å². The molecule has 0 bridgehead atoms. The molecule has 70 heavy (non-hydrogen) atoms. The van der Waals surface area contributed by atoms with E-state index in [1.807, 2.05) is 0 Å². The van der Waals surface area contributed by atoms with Crippen molar-refractivity contribution in [2.75, 3.05) is 39.6 Å². The smallest absolute Gasteiger partial charge is 0.217 e. The van der Waals surface area contributed by atoms with Crippen LogP contribution in [0, 0.1) is 0 Å². The Labute approximate surface area is 395 Å². The summed E-state index contributed by atoms with van der Waals surface area (Å²) in [5.41, 5.74) is 0. The van der Waals surface area contributed by atoms with Crippen molar-refractivity contribution in [3.8, 4) is 0 Å². The van der Waals surface area contributed by atoms with Gasteiger partial charge in [0.15, 0.2) is 37.7 Å². The molecule has 0 saturated carbocycles. The van der Waals surface area contributed by atoms with E-state index in [1.54, 1.807) is 0 Å². The van der Waals surface area contributed by atoms with Crippen LogP contribution in [0.2, 0.25) is 0 Å². The van der Waals surface area contributed by atoms with Gasteiger partial charge in [-0.05, 0) is 0 Å². The minimum atomic E-state index is -2.30. The second-order valence-corrected chi connectivity index (χ2v) is 17.5. The number of carbonyl (C=O) groups excluding carboxylic acids is 1. The lowest BCUT2D eigenvalue weighted by molar-refractivity contribution is -0.418. The fraction of sp³-hybridized carbons (Fsp3) is 0.974. The minimum Gasteiger partial charge on any atom is -0.394 e. The molecule has 32 nitrogen and oxygen atoms in total. The minimum absolute atomic E-state index is 0.786. The van der Waals surface area contributed by atoms with Crippen LogP contribution in [0.15, 0.2) is 0 Å². The van der Waals surface area contributed by atoms with Gasteiger partial charge in [-0.25, -0.2) is 0 Å². The number of aliphatic hydroxyl groups excluding tert-OH is 19. The van der Waals surface area contributed by atoms with E-state index in [0.29, 0.717) is 0 Å². The van der Waals surface area contributed by atoms with E-state index in [9.17, 15) is 102 Å². The van der Waals surface area contributed by atoms with Gasteiger partial charge in [0.2, 0.25) is 5.91 Å². The van der Waals surface area contributed by atoms with Gasteiger partial charge in [-0.1, -0.05) is 0 Å². The number of amides is 1. The Hall–Kier alpha value is -1.73. The number of ether oxygens (including phenoxy) is 11. The maximum absolute atomic E-state index is 12.2. The van der Waals surface area contributed by atoms with E-state index in [1.165, 1.54) is 0 Å². The Kier molecular flexibility index (Phi) is 20.3. The van der Waals surface area contributed by atoms with Gasteiger partial charge in [0, 0.05) is 6.92 Å². The summed E-state index contributed by atoms with van der Waals surface area (Å²) in [6.45, 7) is -5.01. The molecule has 0 aromatic carbocycles. The molecular weight excluding hydrogens is 966 g/mol. The van der Waals surface area contributed by atoms with Crippen LogP contribution >= 0.6 is 0 Å². The van der Waals surface area contributed by atoms with Crippen LogP contribution in [0.3, 0.4) is 0 Å². The molecule has 6 aliphatic rings. The van der Waals surface area contributed by atoms with Crippen molar-refractivity contribution >= 4 is 5.91 Å². The third-order valence-corrected chi connectivity index (χ3v) is 12.8. The van der Waals surface area contributed by atoms with Crippen LogP contribution in [0.5, 0.6) is 0 Å². The molecule has 1 amide bonds. The maximum Gasteiger partial charge on any atom is 0.217 e. The number of aliphatic hydroxyl groups is 19. The Balaban J connectivity index is 1.38. The summed E-state index contributed by atoms with van der Waals surface area (Å²) < 4.78 is 63.4. The summed E-state index contributed by atoms with van der Waals surface area (Å²) in [4.78, 5) is 12.2. The molecule has 30 atom stereocenters. The third-order valence-electron chi connectivity index (χ3n) is 12.8. The number of hydrogen-bond donors (Lipinski definition) is 20. The predicted octanol–water partition coefficient (Wildman–Crippen LogP) is -14.0. The third kappa shape index (κ3) is 11.9. The lowest BCUT2D eigenvalue weighted by Crippen LogP contribution is -2.70. The summed E-state index contributed by atoms with van der Waals surface area (Å²) in [7, 11) is 0. The summed E-state index contributed by atoms with van der Waals surface area (Å²) in [6.07, 6.45) is -58.7. The molecule has 32 heteroatoms. The quantitative estimate of drug-likeness (QED) is 0.0643. The van der Waals surface area contributed by atoms with Crippen molar-refractivity contribution in [3.05, 3.63) is 0 Å². The largest absolute Gasteiger partial charge is 0.394 e. The summed E-state index contributed by atoms with van der Waals surface area (Å²) in [5.74, 6) is -0.786. The highest BCUT2D eigenvalue weighted by Gasteiger charge is 2.59. The van der Waals surface area contributed by atoms with Gasteiger partial charge in [-0.3, -0.25) is 4.79 Å². The van der Waals surface area contributed by atoms with Crippen molar-refractivity contribution in [1.29, 1.82) is 0 Å². The first-order valence-corrected chi connectivity index (χ1v) is 22.1. The molecular formula is C38H65NO31. The number of carbonyl (C=O) groups is 1. The van der Waals surface area contributed by atoms with E-state index in [4.69, 9.17) is 52.1 Å². The molecule has 0 spiro atoms. The average Bonchev–Trinajstić information content (AvgIpc) is 3.34. The van der Waals surface area contributed by atoms with Gasteiger partial charge >= 0.3 is 0 Å². The molecule has 6 fully saturated rings. The number of nitrogens with one attached hydrogen (secondary N) is 1. The van der Waals surface area contributed by atoms with Crippen molar-refractivity contribution in [2.24, 2.45) is 0 Å².